The van der Waals surface area contributed by atoms with Gasteiger partial charge in [0, 0.05) is 4.90 Å². The summed E-state index contributed by atoms with van der Waals surface area (Å²) >= 11 is 1.50. The molecule has 3 rings (SSSR count). The van der Waals surface area contributed by atoms with Crippen LogP contribution in [0.2, 0.25) is 0 Å². The molecule has 1 aromatic carbocycles. The highest BCUT2D eigenvalue weighted by Gasteiger charge is 2.04. The van der Waals surface area contributed by atoms with Crippen molar-refractivity contribution in [3.63, 3.8) is 0 Å². The summed E-state index contributed by atoms with van der Waals surface area (Å²) in [5, 5.41) is 0.684. The number of hydrogen-bond donors (Lipinski definition) is 1. The van der Waals surface area contributed by atoms with Crippen molar-refractivity contribution in [1.29, 1.82) is 0 Å². The molecule has 3 aromatic rings. The van der Waals surface area contributed by atoms with Crippen molar-refractivity contribution in [1.82, 2.24) is 19.9 Å². The van der Waals surface area contributed by atoms with Crippen LogP contribution < -0.4 is 4.74 Å². The molecule has 0 bridgehead atoms. The van der Waals surface area contributed by atoms with Gasteiger partial charge in [-0.3, -0.25) is 0 Å². The predicted molar refractivity (Wildman–Crippen MR) is 73.4 cm³/mol. The summed E-state index contributed by atoms with van der Waals surface area (Å²) in [7, 11) is 0. The first-order chi connectivity index (χ1) is 9.35. The Kier molecular flexibility index (Phi) is 3.33. The highest BCUT2D eigenvalue weighted by Crippen LogP contribution is 2.26. The SMILES string of the molecule is CCOc1ccc(Sc2ncc3[nH]cnc3n2)cc1. The van der Waals surface area contributed by atoms with E-state index in [9.17, 15) is 0 Å². The van der Waals surface area contributed by atoms with Gasteiger partial charge in [0.15, 0.2) is 10.8 Å². The molecular formula is C13H12N4OS. The molecular weight excluding hydrogens is 260 g/mol. The number of rotatable bonds is 4. The number of aromatic nitrogens is 4. The number of H-pyrrole nitrogens is 1. The number of ether oxygens (including phenoxy) is 1. The lowest BCUT2D eigenvalue weighted by Gasteiger charge is -2.04. The molecule has 0 saturated heterocycles. The van der Waals surface area contributed by atoms with Gasteiger partial charge in [-0.25, -0.2) is 15.0 Å². The molecule has 2 heterocycles. The molecule has 6 heteroatoms. The molecule has 0 saturated carbocycles. The average molecular weight is 272 g/mol. The molecule has 19 heavy (non-hydrogen) atoms. The molecule has 0 amide bonds. The second kappa shape index (κ2) is 5.27. The summed E-state index contributed by atoms with van der Waals surface area (Å²) in [5.74, 6) is 0.871. The number of aromatic amines is 1. The summed E-state index contributed by atoms with van der Waals surface area (Å²) in [6.07, 6.45) is 3.36. The second-order valence-corrected chi connectivity index (χ2v) is 4.84. The van der Waals surface area contributed by atoms with E-state index in [4.69, 9.17) is 4.74 Å². The molecule has 0 radical (unpaired) electrons. The number of hydrogen-bond acceptors (Lipinski definition) is 5. The van der Waals surface area contributed by atoms with Crippen LogP contribution in [-0.4, -0.2) is 26.5 Å². The smallest absolute Gasteiger partial charge is 0.194 e. The Morgan fingerprint density at radius 1 is 1.21 bits per heavy atom. The van der Waals surface area contributed by atoms with Crippen LogP contribution in [0.4, 0.5) is 0 Å². The van der Waals surface area contributed by atoms with E-state index in [-0.39, 0.29) is 0 Å². The lowest BCUT2D eigenvalue weighted by atomic mass is 10.3. The topological polar surface area (TPSA) is 63.7 Å². The molecule has 0 aliphatic rings. The van der Waals surface area contributed by atoms with Gasteiger partial charge in [0.2, 0.25) is 0 Å². The van der Waals surface area contributed by atoms with Crippen LogP contribution >= 0.6 is 11.8 Å². The highest BCUT2D eigenvalue weighted by atomic mass is 32.2. The van der Waals surface area contributed by atoms with Gasteiger partial charge in [-0.1, -0.05) is 0 Å². The van der Waals surface area contributed by atoms with Crippen LogP contribution in [0.5, 0.6) is 5.75 Å². The minimum absolute atomic E-state index is 0.672. The number of nitrogens with one attached hydrogen (secondary N) is 1. The summed E-state index contributed by atoms with van der Waals surface area (Å²) in [4.78, 5) is 16.8. The van der Waals surface area contributed by atoms with E-state index >= 15 is 0 Å². The summed E-state index contributed by atoms with van der Waals surface area (Å²) < 4.78 is 5.40. The van der Waals surface area contributed by atoms with Gasteiger partial charge in [0.05, 0.1) is 19.1 Å². The molecule has 0 aliphatic heterocycles. The minimum atomic E-state index is 0.672. The highest BCUT2D eigenvalue weighted by molar-refractivity contribution is 7.99. The molecule has 2 aromatic heterocycles. The average Bonchev–Trinajstić information content (AvgIpc) is 2.89. The Balaban J connectivity index is 1.79. The fourth-order valence-electron chi connectivity index (χ4n) is 1.65. The molecule has 0 spiro atoms. The third kappa shape index (κ3) is 2.68. The number of nitrogens with zero attached hydrogens (tertiary/aromatic N) is 3. The molecule has 0 unspecified atom stereocenters. The summed E-state index contributed by atoms with van der Waals surface area (Å²) in [6.45, 7) is 2.64. The van der Waals surface area contributed by atoms with Crippen LogP contribution in [0, 0.1) is 0 Å². The van der Waals surface area contributed by atoms with Crippen LogP contribution in [0.1, 0.15) is 6.92 Å². The van der Waals surface area contributed by atoms with Crippen molar-refractivity contribution in [2.75, 3.05) is 6.61 Å². The lowest BCUT2D eigenvalue weighted by molar-refractivity contribution is 0.340. The first kappa shape index (κ1) is 12.0. The maximum Gasteiger partial charge on any atom is 0.194 e. The molecule has 0 fully saturated rings. The van der Waals surface area contributed by atoms with E-state index in [0.29, 0.717) is 17.4 Å². The zero-order chi connectivity index (χ0) is 13.1. The third-order valence-electron chi connectivity index (χ3n) is 2.50. The molecule has 0 atom stereocenters. The zero-order valence-corrected chi connectivity index (χ0v) is 11.1. The van der Waals surface area contributed by atoms with Crippen LogP contribution in [-0.2, 0) is 0 Å². The Bertz CT molecular complexity index is 680. The van der Waals surface area contributed by atoms with Gasteiger partial charge >= 0.3 is 0 Å². The largest absolute Gasteiger partial charge is 0.494 e. The van der Waals surface area contributed by atoms with Crippen molar-refractivity contribution < 1.29 is 4.74 Å². The third-order valence-corrected chi connectivity index (χ3v) is 3.38. The Morgan fingerprint density at radius 3 is 2.84 bits per heavy atom. The van der Waals surface area contributed by atoms with Crippen molar-refractivity contribution in [2.24, 2.45) is 0 Å². The van der Waals surface area contributed by atoms with Crippen molar-refractivity contribution in [2.45, 2.75) is 17.0 Å². The normalized spacial score (nSPS) is 10.8. The van der Waals surface area contributed by atoms with E-state index in [0.717, 1.165) is 16.2 Å². The van der Waals surface area contributed by atoms with Crippen molar-refractivity contribution >= 4 is 22.9 Å². The van der Waals surface area contributed by atoms with E-state index in [2.05, 4.69) is 19.9 Å². The second-order valence-electron chi connectivity index (χ2n) is 3.80. The van der Waals surface area contributed by atoms with Crippen molar-refractivity contribution in [3.8, 4) is 5.75 Å². The van der Waals surface area contributed by atoms with Gasteiger partial charge in [-0.15, -0.1) is 0 Å². The molecule has 0 aliphatic carbocycles. The van der Waals surface area contributed by atoms with Crippen LogP contribution in [0.25, 0.3) is 11.2 Å². The molecule has 96 valence electrons. The predicted octanol–water partition coefficient (Wildman–Crippen LogP) is 2.90. The minimum Gasteiger partial charge on any atom is -0.494 e. The Morgan fingerprint density at radius 2 is 2.05 bits per heavy atom. The quantitative estimate of drug-likeness (QED) is 0.740. The fourth-order valence-corrected chi connectivity index (χ4v) is 2.37. The van der Waals surface area contributed by atoms with Gasteiger partial charge < -0.3 is 9.72 Å². The lowest BCUT2D eigenvalue weighted by Crippen LogP contribution is -1.90. The molecule has 5 nitrogen and oxygen atoms in total. The van der Waals surface area contributed by atoms with Gasteiger partial charge in [-0.05, 0) is 43.0 Å². The maximum atomic E-state index is 5.40. The summed E-state index contributed by atoms with van der Waals surface area (Å²) in [5.41, 5.74) is 1.53. The van der Waals surface area contributed by atoms with Crippen LogP contribution in [0.3, 0.4) is 0 Å². The standard InChI is InChI=1S/C13H12N4OS/c1-2-18-9-3-5-10(6-4-9)19-13-14-7-11-12(17-13)16-8-15-11/h3-8H,2H2,1H3,(H,14,15,16,17). The van der Waals surface area contributed by atoms with Gasteiger partial charge in [0.25, 0.3) is 0 Å². The Labute approximate surface area is 114 Å². The maximum absolute atomic E-state index is 5.40. The first-order valence-corrected chi connectivity index (χ1v) is 6.73. The van der Waals surface area contributed by atoms with Crippen molar-refractivity contribution in [3.05, 3.63) is 36.8 Å². The number of benzene rings is 1. The fraction of sp³-hybridized carbons (Fsp3) is 0.154. The van der Waals surface area contributed by atoms with E-state index in [1.165, 1.54) is 11.8 Å². The Hall–Kier alpha value is -2.08. The van der Waals surface area contributed by atoms with Gasteiger partial charge in [-0.2, -0.15) is 0 Å². The first-order valence-electron chi connectivity index (χ1n) is 5.92. The van der Waals surface area contributed by atoms with Gasteiger partial charge in [0.1, 0.15) is 11.3 Å². The number of imidazole rings is 1. The summed E-state index contributed by atoms with van der Waals surface area (Å²) in [6, 6.07) is 7.87. The van der Waals surface area contributed by atoms with E-state index in [1.807, 2.05) is 31.2 Å². The zero-order valence-electron chi connectivity index (χ0n) is 10.3. The monoisotopic (exact) mass is 272 g/mol. The van der Waals surface area contributed by atoms with E-state index in [1.54, 1.807) is 12.5 Å². The van der Waals surface area contributed by atoms with E-state index < -0.39 is 0 Å². The molecule has 1 N–H and O–H groups in total. The number of fused-ring (bicyclic) bond motifs is 1. The van der Waals surface area contributed by atoms with Crippen LogP contribution in [0.15, 0.2) is 46.8 Å².